The lowest BCUT2D eigenvalue weighted by molar-refractivity contribution is 0.0659. The summed E-state index contributed by atoms with van der Waals surface area (Å²) in [6.07, 6.45) is 0.932. The maximum absolute atomic E-state index is 12.7. The molecule has 4 nitrogen and oxygen atoms in total. The van der Waals surface area contributed by atoms with Crippen LogP contribution in [0.4, 0.5) is 0 Å². The van der Waals surface area contributed by atoms with Crippen LogP contribution in [0.5, 0.6) is 5.75 Å². The molecule has 1 fully saturated rings. The highest BCUT2D eigenvalue weighted by Gasteiger charge is 2.29. The number of likely N-dealkylation sites (N-methyl/N-ethyl adjacent to an activating group) is 1. The molecule has 20 heavy (non-hydrogen) atoms. The number of piperazine rings is 1. The highest BCUT2D eigenvalue weighted by molar-refractivity contribution is 6.31. The third-order valence-electron chi connectivity index (χ3n) is 3.98. The first kappa shape index (κ1) is 13.7. The van der Waals surface area contributed by atoms with Crippen molar-refractivity contribution < 1.29 is 9.53 Å². The summed E-state index contributed by atoms with van der Waals surface area (Å²) in [6.45, 7) is 5.34. The van der Waals surface area contributed by atoms with Crippen molar-refractivity contribution >= 4 is 17.5 Å². The van der Waals surface area contributed by atoms with E-state index in [1.807, 2.05) is 17.9 Å². The van der Waals surface area contributed by atoms with Gasteiger partial charge in [-0.25, -0.2) is 0 Å². The molecule has 3 rings (SSSR count). The van der Waals surface area contributed by atoms with Gasteiger partial charge in [0.15, 0.2) is 0 Å². The van der Waals surface area contributed by atoms with Crippen molar-refractivity contribution in [3.05, 3.63) is 28.3 Å². The van der Waals surface area contributed by atoms with Crippen molar-refractivity contribution in [1.82, 2.24) is 9.80 Å². The molecule has 0 aromatic heterocycles. The van der Waals surface area contributed by atoms with Crippen LogP contribution in [0.2, 0.25) is 5.02 Å². The molecule has 2 aliphatic heterocycles. The average molecular weight is 295 g/mol. The summed E-state index contributed by atoms with van der Waals surface area (Å²) in [4.78, 5) is 16.8. The minimum atomic E-state index is 0.0333. The van der Waals surface area contributed by atoms with Gasteiger partial charge in [-0.15, -0.1) is 0 Å². The van der Waals surface area contributed by atoms with Gasteiger partial charge in [0.05, 0.1) is 5.56 Å². The number of hydrogen-bond acceptors (Lipinski definition) is 3. The maximum atomic E-state index is 12.7. The van der Waals surface area contributed by atoms with E-state index in [0.717, 1.165) is 43.9 Å². The molecule has 1 aromatic carbocycles. The number of carbonyl (C=O) groups excluding carboxylic acids is 1. The first-order valence-electron chi connectivity index (χ1n) is 7.01. The Bertz CT molecular complexity index is 539. The van der Waals surface area contributed by atoms with Crippen LogP contribution in [0.3, 0.4) is 0 Å². The third kappa shape index (κ3) is 2.50. The lowest BCUT2D eigenvalue weighted by Gasteiger charge is -2.32. The Morgan fingerprint density at radius 1 is 1.30 bits per heavy atom. The van der Waals surface area contributed by atoms with E-state index in [0.29, 0.717) is 10.6 Å². The smallest absolute Gasteiger partial charge is 0.257 e. The molecule has 1 saturated heterocycles. The van der Waals surface area contributed by atoms with E-state index in [1.54, 1.807) is 6.07 Å². The first-order chi connectivity index (χ1) is 9.54. The molecule has 0 spiro atoms. The van der Waals surface area contributed by atoms with Gasteiger partial charge in [-0.05, 0) is 26.1 Å². The molecule has 2 heterocycles. The molecule has 2 aliphatic rings. The van der Waals surface area contributed by atoms with Crippen molar-refractivity contribution in [3.8, 4) is 5.75 Å². The molecule has 0 aliphatic carbocycles. The molecule has 0 radical (unpaired) electrons. The molecule has 1 atom stereocenters. The lowest BCUT2D eigenvalue weighted by atomic mass is 10.1. The monoisotopic (exact) mass is 294 g/mol. The molecule has 1 amide bonds. The van der Waals surface area contributed by atoms with Crippen LogP contribution in [0.15, 0.2) is 12.1 Å². The van der Waals surface area contributed by atoms with Gasteiger partial charge in [-0.3, -0.25) is 4.79 Å². The number of hydrogen-bond donors (Lipinski definition) is 0. The number of ether oxygens (including phenoxy) is 1. The third-order valence-corrected chi connectivity index (χ3v) is 4.20. The van der Waals surface area contributed by atoms with Crippen LogP contribution >= 0.6 is 11.6 Å². The Labute approximate surface area is 124 Å². The molecule has 0 saturated carbocycles. The van der Waals surface area contributed by atoms with Gasteiger partial charge in [0.2, 0.25) is 0 Å². The Hall–Kier alpha value is -1.26. The number of benzene rings is 1. The lowest BCUT2D eigenvalue weighted by Crippen LogP contribution is -2.47. The van der Waals surface area contributed by atoms with Crippen LogP contribution in [-0.2, 0) is 6.42 Å². The van der Waals surface area contributed by atoms with Crippen LogP contribution in [0.25, 0.3) is 0 Å². The molecular weight excluding hydrogens is 276 g/mol. The molecule has 108 valence electrons. The summed E-state index contributed by atoms with van der Waals surface area (Å²) in [5, 5.41) is 0.610. The zero-order valence-electron chi connectivity index (χ0n) is 11.9. The molecule has 0 bridgehead atoms. The summed E-state index contributed by atoms with van der Waals surface area (Å²) < 4.78 is 5.81. The van der Waals surface area contributed by atoms with Crippen LogP contribution < -0.4 is 4.74 Å². The second-order valence-electron chi connectivity index (χ2n) is 5.67. The summed E-state index contributed by atoms with van der Waals surface area (Å²) in [6, 6.07) is 3.64. The maximum Gasteiger partial charge on any atom is 0.257 e. The fourth-order valence-corrected chi connectivity index (χ4v) is 3.07. The highest BCUT2D eigenvalue weighted by atomic mass is 35.5. The van der Waals surface area contributed by atoms with Gasteiger partial charge in [-0.1, -0.05) is 11.6 Å². The van der Waals surface area contributed by atoms with E-state index in [1.165, 1.54) is 0 Å². The van der Waals surface area contributed by atoms with Crippen molar-refractivity contribution in [2.75, 3.05) is 33.2 Å². The van der Waals surface area contributed by atoms with E-state index >= 15 is 0 Å². The molecular formula is C15H19ClN2O2. The minimum absolute atomic E-state index is 0.0333. The topological polar surface area (TPSA) is 32.8 Å². The normalized spacial score (nSPS) is 22.6. The standard InChI is InChI=1S/C15H19ClN2O2/c1-10-7-11-8-12(16)9-13(14(11)20-10)15(19)18-5-3-17(2)4-6-18/h8-10H,3-7H2,1-2H3. The van der Waals surface area contributed by atoms with Gasteiger partial charge in [-0.2, -0.15) is 0 Å². The number of amides is 1. The predicted octanol–water partition coefficient (Wildman–Crippen LogP) is 2.05. The van der Waals surface area contributed by atoms with E-state index in [-0.39, 0.29) is 12.0 Å². The van der Waals surface area contributed by atoms with Crippen molar-refractivity contribution in [1.29, 1.82) is 0 Å². The molecule has 0 N–H and O–H groups in total. The zero-order chi connectivity index (χ0) is 14.3. The van der Waals surface area contributed by atoms with Crippen LogP contribution in [0.1, 0.15) is 22.8 Å². The van der Waals surface area contributed by atoms with Crippen LogP contribution in [0, 0.1) is 0 Å². The van der Waals surface area contributed by atoms with E-state index < -0.39 is 0 Å². The number of nitrogens with zero attached hydrogens (tertiary/aromatic N) is 2. The highest BCUT2D eigenvalue weighted by Crippen LogP contribution is 2.36. The SMILES string of the molecule is CC1Cc2cc(Cl)cc(C(=O)N3CCN(C)CC3)c2O1. The Balaban J connectivity index is 1.89. The van der Waals surface area contributed by atoms with Gasteiger partial charge in [0, 0.05) is 43.2 Å². The number of fused-ring (bicyclic) bond motifs is 1. The zero-order valence-corrected chi connectivity index (χ0v) is 12.6. The fraction of sp³-hybridized carbons (Fsp3) is 0.533. The Kier molecular flexibility index (Phi) is 3.61. The van der Waals surface area contributed by atoms with Gasteiger partial charge < -0.3 is 14.5 Å². The second kappa shape index (κ2) is 5.26. The van der Waals surface area contributed by atoms with Gasteiger partial charge >= 0.3 is 0 Å². The number of halogens is 1. The number of rotatable bonds is 1. The van der Waals surface area contributed by atoms with Crippen molar-refractivity contribution in [2.24, 2.45) is 0 Å². The van der Waals surface area contributed by atoms with Crippen LogP contribution in [-0.4, -0.2) is 55.0 Å². The average Bonchev–Trinajstić information content (AvgIpc) is 2.78. The second-order valence-corrected chi connectivity index (χ2v) is 6.11. The van der Waals surface area contributed by atoms with Crippen molar-refractivity contribution in [2.45, 2.75) is 19.4 Å². The summed E-state index contributed by atoms with van der Waals surface area (Å²) in [5.41, 5.74) is 1.66. The van der Waals surface area contributed by atoms with Crippen molar-refractivity contribution in [3.63, 3.8) is 0 Å². The predicted molar refractivity (Wildman–Crippen MR) is 78.6 cm³/mol. The quantitative estimate of drug-likeness (QED) is 0.795. The fourth-order valence-electron chi connectivity index (χ4n) is 2.83. The number of carbonyl (C=O) groups is 1. The Morgan fingerprint density at radius 2 is 2.00 bits per heavy atom. The first-order valence-corrected chi connectivity index (χ1v) is 7.39. The summed E-state index contributed by atoms with van der Waals surface area (Å²) in [7, 11) is 2.07. The molecule has 1 unspecified atom stereocenters. The van der Waals surface area contributed by atoms with E-state index in [9.17, 15) is 4.79 Å². The van der Waals surface area contributed by atoms with Gasteiger partial charge in [0.1, 0.15) is 11.9 Å². The summed E-state index contributed by atoms with van der Waals surface area (Å²) in [5.74, 6) is 0.761. The Morgan fingerprint density at radius 3 is 2.70 bits per heavy atom. The van der Waals surface area contributed by atoms with E-state index in [2.05, 4.69) is 11.9 Å². The largest absolute Gasteiger partial charge is 0.489 e. The van der Waals surface area contributed by atoms with E-state index in [4.69, 9.17) is 16.3 Å². The minimum Gasteiger partial charge on any atom is -0.489 e. The van der Waals surface area contributed by atoms with Gasteiger partial charge in [0.25, 0.3) is 5.91 Å². The molecule has 1 aromatic rings. The summed E-state index contributed by atoms with van der Waals surface area (Å²) >= 11 is 6.15. The molecule has 5 heteroatoms.